The molecule has 0 N–H and O–H groups in total. The van der Waals surface area contributed by atoms with Gasteiger partial charge in [0.05, 0.1) is 25.2 Å². The van der Waals surface area contributed by atoms with Crippen LogP contribution in [0.15, 0.2) is 0 Å². The van der Waals surface area contributed by atoms with Crippen LogP contribution in [-0.2, 0) is 13.8 Å². The van der Waals surface area contributed by atoms with Crippen LogP contribution in [-0.4, -0.2) is 78.4 Å². The van der Waals surface area contributed by atoms with Gasteiger partial charge in [0.1, 0.15) is 0 Å². The highest BCUT2D eigenvalue weighted by atomic mass is 31.2. The van der Waals surface area contributed by atoms with Crippen molar-refractivity contribution in [3.63, 3.8) is 0 Å². The van der Waals surface area contributed by atoms with Gasteiger partial charge in [0.25, 0.3) is 8.53 Å². The molecule has 0 aromatic carbocycles. The maximum atomic E-state index is 12.9. The van der Waals surface area contributed by atoms with Gasteiger partial charge in [0, 0.05) is 31.1 Å². The van der Waals surface area contributed by atoms with Crippen molar-refractivity contribution in [1.29, 1.82) is 5.26 Å². The third-order valence-electron chi connectivity index (χ3n) is 5.57. The molecule has 1 aliphatic heterocycles. The molecule has 1 heterocycles. The van der Waals surface area contributed by atoms with Crippen LogP contribution < -0.4 is 0 Å². The van der Waals surface area contributed by atoms with E-state index >= 15 is 0 Å². The topological polar surface area (TPSA) is 69.0 Å². The van der Waals surface area contributed by atoms with E-state index in [1.165, 1.54) is 0 Å². The molecule has 180 valence electrons. The van der Waals surface area contributed by atoms with Gasteiger partial charge in [-0.15, -0.1) is 0 Å². The second-order valence-electron chi connectivity index (χ2n) is 9.23. The first-order chi connectivity index (χ1) is 14.7. The summed E-state index contributed by atoms with van der Waals surface area (Å²) in [5, 5.41) is 8.89. The molecule has 0 saturated carbocycles. The SMILES string of the molecule is CC[C@@H]1C[C@@H](OP(OCCC#N)N(C(C)C)C(C)C)CN1C(=O)CCCCCN(C)C. The Labute approximate surface area is 192 Å². The molecule has 0 bridgehead atoms. The van der Waals surface area contributed by atoms with Crippen molar-refractivity contribution >= 4 is 14.4 Å². The highest BCUT2D eigenvalue weighted by Crippen LogP contribution is 2.48. The van der Waals surface area contributed by atoms with E-state index in [1.54, 1.807) is 0 Å². The summed E-state index contributed by atoms with van der Waals surface area (Å²) in [7, 11) is 2.90. The van der Waals surface area contributed by atoms with Crippen molar-refractivity contribution < 1.29 is 13.8 Å². The minimum atomic E-state index is -1.27. The van der Waals surface area contributed by atoms with Gasteiger partial charge < -0.3 is 18.8 Å². The Morgan fingerprint density at radius 2 is 1.87 bits per heavy atom. The number of carbonyl (C=O) groups excluding carboxylic acids is 1. The largest absolute Gasteiger partial charge is 0.337 e. The maximum Gasteiger partial charge on any atom is 0.259 e. The predicted molar refractivity (Wildman–Crippen MR) is 128 cm³/mol. The van der Waals surface area contributed by atoms with E-state index in [0.29, 0.717) is 26.0 Å². The molecule has 1 amide bonds. The van der Waals surface area contributed by atoms with Crippen LogP contribution in [0.25, 0.3) is 0 Å². The summed E-state index contributed by atoms with van der Waals surface area (Å²) in [5.74, 6) is 0.252. The number of unbranched alkanes of at least 4 members (excludes halogenated alkanes) is 2. The molecule has 1 rings (SSSR count). The summed E-state index contributed by atoms with van der Waals surface area (Å²) in [6.45, 7) is 12.8. The van der Waals surface area contributed by atoms with E-state index in [2.05, 4.69) is 64.4 Å². The highest BCUT2D eigenvalue weighted by Gasteiger charge is 2.38. The van der Waals surface area contributed by atoms with Crippen molar-refractivity contribution in [3.8, 4) is 6.07 Å². The normalized spacial score (nSPS) is 20.3. The lowest BCUT2D eigenvalue weighted by Gasteiger charge is -2.36. The third-order valence-corrected chi connectivity index (χ3v) is 7.75. The average molecular weight is 457 g/mol. The standard InChI is InChI=1S/C23H45N4O3P/c1-8-21-17-22(18-26(21)23(28)13-10-9-11-15-25(6)7)30-31(29-16-12-14-24)27(19(2)3)20(4)5/h19-22H,8-13,15-18H2,1-7H3/t21-,22-,31?/m1/s1. The summed E-state index contributed by atoms with van der Waals surface area (Å²) >= 11 is 0. The van der Waals surface area contributed by atoms with Crippen LogP contribution in [0.5, 0.6) is 0 Å². The van der Waals surface area contributed by atoms with Crippen molar-refractivity contribution in [2.24, 2.45) is 0 Å². The van der Waals surface area contributed by atoms with E-state index in [1.807, 2.05) is 4.90 Å². The number of amides is 1. The Hall–Kier alpha value is -0.770. The molecule has 0 spiro atoms. The zero-order valence-corrected chi connectivity index (χ0v) is 21.7. The van der Waals surface area contributed by atoms with Crippen LogP contribution in [0.4, 0.5) is 0 Å². The first-order valence-electron chi connectivity index (χ1n) is 11.9. The lowest BCUT2D eigenvalue weighted by Crippen LogP contribution is -2.36. The monoisotopic (exact) mass is 456 g/mol. The molecule has 1 fully saturated rings. The number of nitriles is 1. The molecule has 0 aromatic rings. The van der Waals surface area contributed by atoms with Gasteiger partial charge in [-0.3, -0.25) is 4.79 Å². The average Bonchev–Trinajstić information content (AvgIpc) is 3.09. The third kappa shape index (κ3) is 10.1. The molecular formula is C23H45N4O3P. The summed E-state index contributed by atoms with van der Waals surface area (Å²) < 4.78 is 14.8. The van der Waals surface area contributed by atoms with Crippen LogP contribution in [0, 0.1) is 11.3 Å². The van der Waals surface area contributed by atoms with E-state index in [0.717, 1.165) is 38.6 Å². The van der Waals surface area contributed by atoms with E-state index in [9.17, 15) is 4.79 Å². The van der Waals surface area contributed by atoms with Crippen molar-refractivity contribution in [1.82, 2.24) is 14.5 Å². The second kappa shape index (κ2) is 15.1. The number of rotatable bonds is 15. The van der Waals surface area contributed by atoms with Gasteiger partial charge in [-0.25, -0.2) is 4.67 Å². The number of nitrogens with zero attached hydrogens (tertiary/aromatic N) is 4. The first kappa shape index (κ1) is 28.3. The first-order valence-corrected chi connectivity index (χ1v) is 13.0. The second-order valence-corrected chi connectivity index (χ2v) is 10.6. The number of hydrogen-bond acceptors (Lipinski definition) is 6. The lowest BCUT2D eigenvalue weighted by molar-refractivity contribution is -0.132. The Bertz CT molecular complexity index is 545. The molecule has 1 aliphatic rings. The fourth-order valence-electron chi connectivity index (χ4n) is 4.09. The molecule has 0 aliphatic carbocycles. The number of likely N-dealkylation sites (tertiary alicyclic amines) is 1. The Morgan fingerprint density at radius 3 is 2.42 bits per heavy atom. The van der Waals surface area contributed by atoms with Gasteiger partial charge in [-0.1, -0.05) is 13.3 Å². The van der Waals surface area contributed by atoms with E-state index in [4.69, 9.17) is 14.3 Å². The summed E-state index contributed by atoms with van der Waals surface area (Å²) in [6.07, 6.45) is 5.92. The Morgan fingerprint density at radius 1 is 1.19 bits per heavy atom. The number of hydrogen-bond donors (Lipinski definition) is 0. The molecule has 7 nitrogen and oxygen atoms in total. The van der Waals surface area contributed by atoms with Crippen LogP contribution in [0.1, 0.15) is 79.6 Å². The van der Waals surface area contributed by atoms with Crippen molar-refractivity contribution in [2.75, 3.05) is 33.8 Å². The summed E-state index contributed by atoms with van der Waals surface area (Å²) in [4.78, 5) is 17.1. The summed E-state index contributed by atoms with van der Waals surface area (Å²) in [5.41, 5.74) is 0. The fourth-order valence-corrected chi connectivity index (χ4v) is 5.80. The van der Waals surface area contributed by atoms with Crippen molar-refractivity contribution in [2.45, 2.75) is 104 Å². The zero-order chi connectivity index (χ0) is 23.4. The van der Waals surface area contributed by atoms with Crippen molar-refractivity contribution in [3.05, 3.63) is 0 Å². The molecular weight excluding hydrogens is 411 g/mol. The maximum absolute atomic E-state index is 12.9. The van der Waals surface area contributed by atoms with Gasteiger partial charge in [-0.05, 0) is 74.0 Å². The fraction of sp³-hybridized carbons (Fsp3) is 0.913. The smallest absolute Gasteiger partial charge is 0.259 e. The molecule has 31 heavy (non-hydrogen) atoms. The zero-order valence-electron chi connectivity index (χ0n) is 20.8. The van der Waals surface area contributed by atoms with Crippen LogP contribution in [0.2, 0.25) is 0 Å². The van der Waals surface area contributed by atoms with Crippen LogP contribution >= 0.6 is 8.53 Å². The molecule has 0 aromatic heterocycles. The van der Waals surface area contributed by atoms with Crippen LogP contribution in [0.3, 0.4) is 0 Å². The quantitative estimate of drug-likeness (QED) is 0.261. The Kier molecular flexibility index (Phi) is 13.8. The Balaban J connectivity index is 2.69. The predicted octanol–water partition coefficient (Wildman–Crippen LogP) is 4.78. The minimum absolute atomic E-state index is 0.0177. The summed E-state index contributed by atoms with van der Waals surface area (Å²) in [6, 6.07) is 2.93. The minimum Gasteiger partial charge on any atom is -0.337 e. The molecule has 1 unspecified atom stereocenters. The van der Waals surface area contributed by atoms with Gasteiger partial charge in [0.2, 0.25) is 5.91 Å². The highest BCUT2D eigenvalue weighted by molar-refractivity contribution is 7.44. The lowest BCUT2D eigenvalue weighted by atomic mass is 10.1. The van der Waals surface area contributed by atoms with E-state index in [-0.39, 0.29) is 30.1 Å². The van der Waals surface area contributed by atoms with Gasteiger partial charge in [0.15, 0.2) is 0 Å². The molecule has 1 saturated heterocycles. The number of carbonyl (C=O) groups is 1. The molecule has 3 atom stereocenters. The molecule has 0 radical (unpaired) electrons. The molecule has 8 heteroatoms. The van der Waals surface area contributed by atoms with Gasteiger partial charge in [-0.2, -0.15) is 5.26 Å². The van der Waals surface area contributed by atoms with E-state index < -0.39 is 8.53 Å². The van der Waals surface area contributed by atoms with Gasteiger partial charge >= 0.3 is 0 Å².